The van der Waals surface area contributed by atoms with Crippen molar-refractivity contribution in [2.75, 3.05) is 13.1 Å². The fraction of sp³-hybridized carbons (Fsp3) is 0.750. The van der Waals surface area contributed by atoms with Crippen LogP contribution in [0, 0.1) is 5.92 Å². The van der Waals surface area contributed by atoms with E-state index in [2.05, 4.69) is 12.2 Å². The highest BCUT2D eigenvalue weighted by Gasteiger charge is 2.06. The van der Waals surface area contributed by atoms with Crippen LogP contribution in [0.1, 0.15) is 13.3 Å². The molecule has 1 aromatic rings. The molecule has 2 rings (SSSR count). The largest absolute Gasteiger partial charge is 0.316 e. The molecule has 0 aromatic carbocycles. The normalized spacial score (nSPS) is 22.9. The van der Waals surface area contributed by atoms with Gasteiger partial charge in [-0.25, -0.2) is 0 Å². The van der Waals surface area contributed by atoms with Crippen LogP contribution in [0.25, 0.3) is 0 Å². The van der Waals surface area contributed by atoms with Crippen LogP contribution >= 0.6 is 11.5 Å². The Morgan fingerprint density at radius 2 is 2.27 bits per heavy atom. The van der Waals surface area contributed by atoms with Crippen molar-refractivity contribution < 1.29 is 0 Å². The van der Waals surface area contributed by atoms with E-state index < -0.39 is 0 Å². The Hall–Kier alpha value is -0.280. The Balaban J connectivity index is 0.000000112. The minimum absolute atomic E-state index is 0.935. The third-order valence-corrected chi connectivity index (χ3v) is 2.50. The molecule has 1 N–H and O–H groups in total. The Labute approximate surface area is 72.4 Å². The second-order valence-electron chi connectivity index (χ2n) is 3.03. The predicted molar refractivity (Wildman–Crippen MR) is 49.9 cm³/mol. The molecule has 11 heavy (non-hydrogen) atoms. The van der Waals surface area contributed by atoms with Gasteiger partial charge < -0.3 is 9.27 Å². The van der Waals surface area contributed by atoms with E-state index in [-0.39, 0.29) is 0 Å². The Kier molecular flexibility index (Phi) is 3.66. The summed E-state index contributed by atoms with van der Waals surface area (Å²) in [6.07, 6.45) is 3.39. The first kappa shape index (κ1) is 8.81. The first-order valence-electron chi connectivity index (χ1n) is 4.06. The van der Waals surface area contributed by atoms with Crippen LogP contribution in [-0.4, -0.2) is 17.0 Å². The molecule has 0 spiro atoms. The zero-order valence-electron chi connectivity index (χ0n) is 7.21. The second-order valence-corrected chi connectivity index (χ2v) is 4.09. The number of rotatable bonds is 0. The van der Waals surface area contributed by atoms with Gasteiger partial charge in [0.25, 0.3) is 0 Å². The molecule has 64 valence electrons. The first-order chi connectivity index (χ1) is 5.29. The molecule has 1 unspecified atom stereocenters. The van der Waals surface area contributed by atoms with Gasteiger partial charge in [0.2, 0.25) is 0 Å². The Morgan fingerprint density at radius 1 is 1.64 bits per heavy atom. The maximum atomic E-state index is 3.27. The van der Waals surface area contributed by atoms with E-state index in [9.17, 15) is 0 Å². The molecular formula is C8H16N2S. The van der Waals surface area contributed by atoms with Gasteiger partial charge in [-0.1, -0.05) is 18.5 Å². The van der Waals surface area contributed by atoms with Crippen LogP contribution in [0.3, 0.4) is 0 Å². The number of hydrogen-bond acceptors (Lipinski definition) is 2. The average molecular weight is 172 g/mol. The number of aryl methyl sites for hydroxylation is 1. The second kappa shape index (κ2) is 4.57. The average Bonchev–Trinajstić information content (AvgIpc) is 2.36. The predicted octanol–water partition coefficient (Wildman–Crippen LogP) is 1.70. The van der Waals surface area contributed by atoms with Crippen LogP contribution in [-0.2, 0) is 7.05 Å². The summed E-state index contributed by atoms with van der Waals surface area (Å²) in [7, 11) is 2.02. The van der Waals surface area contributed by atoms with Crippen molar-refractivity contribution in [3.63, 3.8) is 0 Å². The van der Waals surface area contributed by atoms with E-state index >= 15 is 0 Å². The summed E-state index contributed by atoms with van der Waals surface area (Å²) in [5, 5.41) is 5.31. The van der Waals surface area contributed by atoms with Crippen molar-refractivity contribution in [3.8, 4) is 0 Å². The molecule has 2 heterocycles. The van der Waals surface area contributed by atoms with E-state index in [4.69, 9.17) is 0 Å². The van der Waals surface area contributed by atoms with E-state index in [1.807, 2.05) is 22.6 Å². The molecule has 1 aliphatic heterocycles. The van der Waals surface area contributed by atoms with E-state index in [1.165, 1.54) is 19.5 Å². The van der Waals surface area contributed by atoms with Gasteiger partial charge in [0, 0.05) is 18.6 Å². The minimum atomic E-state index is 0.935. The summed E-state index contributed by atoms with van der Waals surface area (Å²) in [4.78, 5) is 0. The van der Waals surface area contributed by atoms with Crippen molar-refractivity contribution in [3.05, 3.63) is 11.6 Å². The first-order valence-corrected chi connectivity index (χ1v) is 4.89. The lowest BCUT2D eigenvalue weighted by Gasteiger charge is -1.92. The molecule has 1 aliphatic rings. The molecule has 1 aromatic heterocycles. The standard InChI is InChI=1S/C5H11N.C3H5NS/c1-5-2-3-6-4-5;1-4-2-3-5-4/h5-6H,2-4H2,1H3;2-3H,1H3. The fourth-order valence-corrected chi connectivity index (χ4v) is 1.35. The highest BCUT2D eigenvalue weighted by molar-refractivity contribution is 7.05. The third kappa shape index (κ3) is 3.58. The summed E-state index contributed by atoms with van der Waals surface area (Å²) >= 11 is 1.71. The van der Waals surface area contributed by atoms with Gasteiger partial charge in [0.1, 0.15) is 0 Å². The van der Waals surface area contributed by atoms with Gasteiger partial charge in [-0.2, -0.15) is 0 Å². The zero-order chi connectivity index (χ0) is 8.10. The molecular weight excluding hydrogens is 156 g/mol. The van der Waals surface area contributed by atoms with Crippen molar-refractivity contribution in [2.45, 2.75) is 13.3 Å². The molecule has 3 heteroatoms. The quantitative estimate of drug-likeness (QED) is 0.630. The van der Waals surface area contributed by atoms with Crippen molar-refractivity contribution >= 4 is 11.5 Å². The van der Waals surface area contributed by atoms with Gasteiger partial charge in [-0.3, -0.25) is 0 Å². The highest BCUT2D eigenvalue weighted by atomic mass is 32.1. The topological polar surface area (TPSA) is 17.0 Å². The van der Waals surface area contributed by atoms with Crippen LogP contribution in [0.15, 0.2) is 11.6 Å². The molecule has 1 atom stereocenters. The molecule has 1 fully saturated rings. The molecule has 2 nitrogen and oxygen atoms in total. The molecule has 0 saturated carbocycles. The van der Waals surface area contributed by atoms with Gasteiger partial charge in [0.05, 0.1) is 0 Å². The molecule has 0 amide bonds. The van der Waals surface area contributed by atoms with Crippen LogP contribution in [0.4, 0.5) is 0 Å². The van der Waals surface area contributed by atoms with Crippen LogP contribution < -0.4 is 5.32 Å². The van der Waals surface area contributed by atoms with E-state index in [0.717, 1.165) is 5.92 Å². The van der Waals surface area contributed by atoms with Gasteiger partial charge >= 0.3 is 0 Å². The van der Waals surface area contributed by atoms with Gasteiger partial charge in [-0.15, -0.1) is 0 Å². The third-order valence-electron chi connectivity index (χ3n) is 1.80. The number of nitrogens with zero attached hydrogens (tertiary/aromatic N) is 1. The maximum Gasteiger partial charge on any atom is 0.0256 e. The number of aromatic nitrogens is 1. The summed E-state index contributed by atoms with van der Waals surface area (Å²) in [5.41, 5.74) is 0. The van der Waals surface area contributed by atoms with E-state index in [0.29, 0.717) is 0 Å². The number of hydrogen-bond donors (Lipinski definition) is 1. The minimum Gasteiger partial charge on any atom is -0.316 e. The highest BCUT2D eigenvalue weighted by Crippen LogP contribution is 2.03. The lowest BCUT2D eigenvalue weighted by atomic mass is 10.2. The summed E-state index contributed by atoms with van der Waals surface area (Å²) in [5.74, 6) is 0.935. The summed E-state index contributed by atoms with van der Waals surface area (Å²) in [6.45, 7) is 4.75. The zero-order valence-corrected chi connectivity index (χ0v) is 8.03. The lowest BCUT2D eigenvalue weighted by Crippen LogP contribution is -2.06. The molecule has 0 aliphatic carbocycles. The van der Waals surface area contributed by atoms with Crippen molar-refractivity contribution in [1.82, 2.24) is 9.27 Å². The van der Waals surface area contributed by atoms with Crippen LogP contribution in [0.2, 0.25) is 0 Å². The van der Waals surface area contributed by atoms with Gasteiger partial charge in [0.15, 0.2) is 0 Å². The summed E-state index contributed by atoms with van der Waals surface area (Å²) < 4.78 is 2.04. The van der Waals surface area contributed by atoms with Crippen molar-refractivity contribution in [1.29, 1.82) is 0 Å². The SMILES string of the molecule is CC1CCNC1.Cn1ccs1. The molecule has 0 radical (unpaired) electrons. The summed E-state index contributed by atoms with van der Waals surface area (Å²) in [6, 6.07) is 0. The maximum absolute atomic E-state index is 3.27. The van der Waals surface area contributed by atoms with Gasteiger partial charge in [-0.05, 0) is 25.4 Å². The molecule has 1 saturated heterocycles. The van der Waals surface area contributed by atoms with Crippen molar-refractivity contribution in [2.24, 2.45) is 13.0 Å². The smallest absolute Gasteiger partial charge is 0.0256 e. The van der Waals surface area contributed by atoms with Crippen LogP contribution in [0.5, 0.6) is 0 Å². The Bertz CT molecular complexity index is 166. The van der Waals surface area contributed by atoms with E-state index in [1.54, 1.807) is 11.5 Å². The monoisotopic (exact) mass is 172 g/mol. The Morgan fingerprint density at radius 3 is 2.36 bits per heavy atom. The number of nitrogens with one attached hydrogen (secondary N) is 1. The molecule has 0 bridgehead atoms. The lowest BCUT2D eigenvalue weighted by molar-refractivity contribution is 0.651. The fourth-order valence-electron chi connectivity index (χ4n) is 0.982.